The molecular formula is C17H24O2. The van der Waals surface area contributed by atoms with Gasteiger partial charge in [0.25, 0.3) is 0 Å². The van der Waals surface area contributed by atoms with Crippen LogP contribution in [0.15, 0.2) is 18.2 Å². The summed E-state index contributed by atoms with van der Waals surface area (Å²) in [5.41, 5.74) is 4.40. The van der Waals surface area contributed by atoms with E-state index < -0.39 is 0 Å². The third-order valence-corrected chi connectivity index (χ3v) is 5.28. The highest BCUT2D eigenvalue weighted by Crippen LogP contribution is 2.46. The zero-order chi connectivity index (χ0) is 13.5. The third kappa shape index (κ3) is 2.21. The van der Waals surface area contributed by atoms with Crippen molar-refractivity contribution in [3.05, 3.63) is 34.9 Å². The quantitative estimate of drug-likeness (QED) is 0.885. The summed E-state index contributed by atoms with van der Waals surface area (Å²) in [5.74, 6) is 0.673. The maximum absolute atomic E-state index is 9.70. The molecule has 2 fully saturated rings. The van der Waals surface area contributed by atoms with Gasteiger partial charge in [-0.25, -0.2) is 0 Å². The molecule has 1 heterocycles. The predicted octanol–water partition coefficient (Wildman–Crippen LogP) is 3.12. The zero-order valence-corrected chi connectivity index (χ0v) is 12.0. The van der Waals surface area contributed by atoms with Crippen molar-refractivity contribution in [1.82, 2.24) is 0 Å². The van der Waals surface area contributed by atoms with Crippen molar-refractivity contribution in [3.8, 4) is 0 Å². The van der Waals surface area contributed by atoms with Gasteiger partial charge in [0, 0.05) is 5.41 Å². The Morgan fingerprint density at radius 2 is 1.74 bits per heavy atom. The molecule has 1 aromatic carbocycles. The summed E-state index contributed by atoms with van der Waals surface area (Å²) in [6.07, 6.45) is 4.11. The molecule has 0 unspecified atom stereocenters. The van der Waals surface area contributed by atoms with Gasteiger partial charge in [0.15, 0.2) is 0 Å². The summed E-state index contributed by atoms with van der Waals surface area (Å²) in [7, 11) is 0. The number of ether oxygens (including phenoxy) is 1. The number of aryl methyl sites for hydroxylation is 2. The molecule has 1 aliphatic carbocycles. The number of aliphatic hydroxyl groups is 1. The first-order valence-electron chi connectivity index (χ1n) is 7.45. The number of hydrogen-bond acceptors (Lipinski definition) is 2. The van der Waals surface area contributed by atoms with E-state index in [-0.39, 0.29) is 11.5 Å². The molecule has 2 nitrogen and oxygen atoms in total. The minimum absolute atomic E-state index is 0.0750. The molecule has 3 rings (SSSR count). The van der Waals surface area contributed by atoms with Gasteiger partial charge < -0.3 is 9.84 Å². The fourth-order valence-electron chi connectivity index (χ4n) is 3.64. The lowest BCUT2D eigenvalue weighted by Crippen LogP contribution is -2.53. The zero-order valence-electron chi connectivity index (χ0n) is 12.0. The second kappa shape index (κ2) is 4.92. The molecule has 1 saturated heterocycles. The highest BCUT2D eigenvalue weighted by Gasteiger charge is 2.47. The smallest absolute Gasteiger partial charge is 0.0588 e. The van der Waals surface area contributed by atoms with Gasteiger partial charge in [0.05, 0.1) is 19.3 Å². The highest BCUT2D eigenvalue weighted by atomic mass is 16.5. The molecule has 0 bridgehead atoms. The second-order valence-electron chi connectivity index (χ2n) is 6.45. The lowest BCUT2D eigenvalue weighted by atomic mass is 9.63. The van der Waals surface area contributed by atoms with Gasteiger partial charge in [0.1, 0.15) is 0 Å². The summed E-state index contributed by atoms with van der Waals surface area (Å²) in [6, 6.07) is 6.88. The summed E-state index contributed by atoms with van der Waals surface area (Å²) in [6.45, 7) is 6.07. The third-order valence-electron chi connectivity index (χ3n) is 5.28. The Morgan fingerprint density at radius 1 is 1.05 bits per heavy atom. The molecule has 0 atom stereocenters. The highest BCUT2D eigenvalue weighted by molar-refractivity contribution is 5.37. The normalized spacial score (nSPS) is 29.8. The molecule has 2 heteroatoms. The Hall–Kier alpha value is -0.860. The molecule has 1 aliphatic heterocycles. The van der Waals surface area contributed by atoms with Crippen LogP contribution in [0.2, 0.25) is 0 Å². The largest absolute Gasteiger partial charge is 0.393 e. The summed E-state index contributed by atoms with van der Waals surface area (Å²) in [5, 5.41) is 9.70. The van der Waals surface area contributed by atoms with E-state index in [1.165, 1.54) is 16.7 Å². The fourth-order valence-corrected chi connectivity index (χ4v) is 3.64. The van der Waals surface area contributed by atoms with E-state index in [1.807, 2.05) is 0 Å². The minimum Gasteiger partial charge on any atom is -0.393 e. The number of benzene rings is 1. The van der Waals surface area contributed by atoms with Crippen LogP contribution in [0.5, 0.6) is 0 Å². The van der Waals surface area contributed by atoms with Crippen molar-refractivity contribution in [2.24, 2.45) is 5.92 Å². The van der Waals surface area contributed by atoms with Crippen molar-refractivity contribution >= 4 is 0 Å². The first kappa shape index (κ1) is 13.1. The van der Waals surface area contributed by atoms with Crippen molar-refractivity contribution in [1.29, 1.82) is 0 Å². The van der Waals surface area contributed by atoms with E-state index in [0.29, 0.717) is 5.92 Å². The van der Waals surface area contributed by atoms with Gasteiger partial charge in [-0.3, -0.25) is 0 Å². The average Bonchev–Trinajstić information content (AvgIpc) is 2.34. The van der Waals surface area contributed by atoms with E-state index in [1.54, 1.807) is 0 Å². The number of hydrogen-bond donors (Lipinski definition) is 1. The Balaban J connectivity index is 1.88. The first-order chi connectivity index (χ1) is 9.12. The van der Waals surface area contributed by atoms with Gasteiger partial charge in [-0.2, -0.15) is 0 Å². The van der Waals surface area contributed by atoms with Crippen LogP contribution < -0.4 is 0 Å². The molecule has 0 aromatic heterocycles. The molecule has 1 aromatic rings. The predicted molar refractivity (Wildman–Crippen MR) is 76.4 cm³/mol. The molecule has 19 heavy (non-hydrogen) atoms. The van der Waals surface area contributed by atoms with Crippen LogP contribution in [-0.4, -0.2) is 24.4 Å². The van der Waals surface area contributed by atoms with Gasteiger partial charge in [0.2, 0.25) is 0 Å². The van der Waals surface area contributed by atoms with Gasteiger partial charge in [-0.05, 0) is 62.1 Å². The van der Waals surface area contributed by atoms with Crippen LogP contribution >= 0.6 is 0 Å². The van der Waals surface area contributed by atoms with Crippen molar-refractivity contribution in [3.63, 3.8) is 0 Å². The molecular weight excluding hydrogens is 236 g/mol. The lowest BCUT2D eigenvalue weighted by Gasteiger charge is -2.49. The summed E-state index contributed by atoms with van der Waals surface area (Å²) >= 11 is 0. The van der Waals surface area contributed by atoms with Crippen molar-refractivity contribution in [2.75, 3.05) is 13.2 Å². The number of aliphatic hydroxyl groups excluding tert-OH is 1. The molecule has 1 saturated carbocycles. The molecule has 1 N–H and O–H groups in total. The van der Waals surface area contributed by atoms with Crippen LogP contribution in [0.3, 0.4) is 0 Å². The maximum atomic E-state index is 9.70. The maximum Gasteiger partial charge on any atom is 0.0588 e. The van der Waals surface area contributed by atoms with Crippen molar-refractivity contribution < 1.29 is 9.84 Å². The van der Waals surface area contributed by atoms with Gasteiger partial charge in [-0.1, -0.05) is 18.2 Å². The molecule has 2 aliphatic rings. The van der Waals surface area contributed by atoms with Crippen LogP contribution in [0.4, 0.5) is 0 Å². The minimum atomic E-state index is -0.0750. The Kier molecular flexibility index (Phi) is 3.40. The van der Waals surface area contributed by atoms with Crippen LogP contribution in [0.1, 0.15) is 42.4 Å². The summed E-state index contributed by atoms with van der Waals surface area (Å²) < 4.78 is 5.58. The average molecular weight is 260 g/mol. The monoisotopic (exact) mass is 260 g/mol. The van der Waals surface area contributed by atoms with Crippen LogP contribution in [0, 0.1) is 19.8 Å². The molecule has 0 radical (unpaired) electrons. The Morgan fingerprint density at radius 3 is 2.26 bits per heavy atom. The number of rotatable bonds is 2. The van der Waals surface area contributed by atoms with E-state index in [2.05, 4.69) is 32.0 Å². The van der Waals surface area contributed by atoms with Crippen LogP contribution in [0.25, 0.3) is 0 Å². The molecule has 0 amide bonds. The second-order valence-corrected chi connectivity index (χ2v) is 6.45. The fraction of sp³-hybridized carbons (Fsp3) is 0.647. The Labute approximate surface area is 115 Å². The van der Waals surface area contributed by atoms with E-state index in [0.717, 1.165) is 38.9 Å². The van der Waals surface area contributed by atoms with Crippen LogP contribution in [-0.2, 0) is 10.2 Å². The van der Waals surface area contributed by atoms with Gasteiger partial charge in [-0.15, -0.1) is 0 Å². The lowest BCUT2D eigenvalue weighted by molar-refractivity contribution is -0.103. The van der Waals surface area contributed by atoms with Crippen molar-refractivity contribution in [2.45, 2.75) is 51.0 Å². The first-order valence-corrected chi connectivity index (χ1v) is 7.45. The molecule has 104 valence electrons. The SMILES string of the molecule is Cc1ccc(C2(C3CCC(O)CC3)COC2)cc1C. The van der Waals surface area contributed by atoms with E-state index >= 15 is 0 Å². The summed E-state index contributed by atoms with van der Waals surface area (Å²) in [4.78, 5) is 0. The Bertz CT molecular complexity index is 454. The van der Waals surface area contributed by atoms with Gasteiger partial charge >= 0.3 is 0 Å². The standard InChI is InChI=1S/C17H24O2/c1-12-3-4-15(9-13(12)2)17(10-19-11-17)14-5-7-16(18)8-6-14/h3-4,9,14,16,18H,5-8,10-11H2,1-2H3. The molecule has 0 spiro atoms. The van der Waals surface area contributed by atoms with E-state index in [4.69, 9.17) is 4.74 Å². The topological polar surface area (TPSA) is 29.5 Å². The van der Waals surface area contributed by atoms with E-state index in [9.17, 15) is 5.11 Å².